The van der Waals surface area contributed by atoms with Gasteiger partial charge in [-0.15, -0.1) is 0 Å². The molecule has 0 aliphatic rings. The largest absolute Gasteiger partial charge is 0.490 e. The minimum atomic E-state index is -0.670. The molecule has 1 aromatic heterocycles. The number of halogens is 2. The van der Waals surface area contributed by atoms with E-state index in [9.17, 15) is 8.78 Å². The molecule has 0 fully saturated rings. The molecule has 2 nitrogen and oxygen atoms in total. The molecule has 0 aliphatic carbocycles. The summed E-state index contributed by atoms with van der Waals surface area (Å²) < 4.78 is 31.6. The van der Waals surface area contributed by atoms with Gasteiger partial charge in [0.2, 0.25) is 0 Å². The van der Waals surface area contributed by atoms with Gasteiger partial charge in [-0.1, -0.05) is 0 Å². The molecule has 0 atom stereocenters. The van der Waals surface area contributed by atoms with Gasteiger partial charge in [-0.25, -0.2) is 8.78 Å². The topological polar surface area (TPSA) is 35.2 Å². The maximum Gasteiger partial charge on any atom is 0.167 e. The summed E-state index contributed by atoms with van der Waals surface area (Å²) in [6.07, 6.45) is 0.662. The second-order valence-electron chi connectivity index (χ2n) is 3.53. The van der Waals surface area contributed by atoms with Crippen LogP contribution in [0.15, 0.2) is 29.0 Å². The number of ether oxygens (including phenoxy) is 1. The summed E-state index contributed by atoms with van der Waals surface area (Å²) in [7, 11) is 0. The normalized spacial score (nSPS) is 10.5. The van der Waals surface area contributed by atoms with Gasteiger partial charge in [0, 0.05) is 18.6 Å². The van der Waals surface area contributed by atoms with Crippen molar-refractivity contribution in [1.29, 1.82) is 0 Å². The minimum Gasteiger partial charge on any atom is -0.490 e. The van der Waals surface area contributed by atoms with E-state index in [1.165, 1.54) is 0 Å². The Hall–Kier alpha value is -1.62. The Morgan fingerprint density at radius 2 is 2.06 bits per heavy atom. The number of nitrogen functional groups attached to an aromatic ring is 1. The standard InChI is InChI=1S/C12H11F2NOS/c13-9-6-12(10(14)5-11(9)15)16-3-1-8-2-4-17-7-8/h2,4-7H,1,3,15H2. The second kappa shape index (κ2) is 5.14. The summed E-state index contributed by atoms with van der Waals surface area (Å²) in [6.45, 7) is 0.303. The predicted octanol–water partition coefficient (Wildman–Crippen LogP) is 3.23. The lowest BCUT2D eigenvalue weighted by Gasteiger charge is -2.07. The van der Waals surface area contributed by atoms with Crippen LogP contribution in [0.4, 0.5) is 14.5 Å². The van der Waals surface area contributed by atoms with Crippen molar-refractivity contribution in [3.05, 3.63) is 46.2 Å². The van der Waals surface area contributed by atoms with E-state index in [0.717, 1.165) is 17.7 Å². The summed E-state index contributed by atoms with van der Waals surface area (Å²) in [6, 6.07) is 3.86. The maximum atomic E-state index is 13.3. The van der Waals surface area contributed by atoms with Crippen molar-refractivity contribution in [3.63, 3.8) is 0 Å². The molecular formula is C12H11F2NOS. The van der Waals surface area contributed by atoms with Gasteiger partial charge < -0.3 is 10.5 Å². The number of nitrogens with two attached hydrogens (primary N) is 1. The van der Waals surface area contributed by atoms with Crippen molar-refractivity contribution >= 4 is 17.0 Å². The molecule has 0 radical (unpaired) electrons. The van der Waals surface area contributed by atoms with Crippen molar-refractivity contribution in [3.8, 4) is 5.75 Å². The molecular weight excluding hydrogens is 244 g/mol. The number of anilines is 1. The molecule has 2 aromatic rings. The van der Waals surface area contributed by atoms with Crippen molar-refractivity contribution in [2.45, 2.75) is 6.42 Å². The Kier molecular flexibility index (Phi) is 3.58. The average Bonchev–Trinajstić information content (AvgIpc) is 2.78. The first-order valence-corrected chi connectivity index (χ1v) is 5.99. The fourth-order valence-corrected chi connectivity index (χ4v) is 2.07. The van der Waals surface area contributed by atoms with Crippen LogP contribution >= 0.6 is 11.3 Å². The monoisotopic (exact) mass is 255 g/mol. The lowest BCUT2D eigenvalue weighted by molar-refractivity contribution is 0.303. The van der Waals surface area contributed by atoms with Crippen molar-refractivity contribution in [2.24, 2.45) is 0 Å². The Morgan fingerprint density at radius 3 is 2.76 bits per heavy atom. The second-order valence-corrected chi connectivity index (χ2v) is 4.31. The molecule has 1 heterocycles. The van der Waals surface area contributed by atoms with E-state index in [0.29, 0.717) is 13.0 Å². The van der Waals surface area contributed by atoms with Crippen LogP contribution in [0, 0.1) is 11.6 Å². The van der Waals surface area contributed by atoms with E-state index < -0.39 is 11.6 Å². The Balaban J connectivity index is 1.97. The molecule has 0 saturated carbocycles. The average molecular weight is 255 g/mol. The van der Waals surface area contributed by atoms with Crippen LogP contribution in [0.1, 0.15) is 5.56 Å². The lowest BCUT2D eigenvalue weighted by atomic mass is 10.2. The summed E-state index contributed by atoms with van der Waals surface area (Å²) in [5.41, 5.74) is 6.13. The van der Waals surface area contributed by atoms with Crippen LogP contribution in [0.3, 0.4) is 0 Å². The zero-order chi connectivity index (χ0) is 12.3. The molecule has 1 aromatic carbocycles. The molecule has 0 bridgehead atoms. The first kappa shape index (κ1) is 11.9. The third kappa shape index (κ3) is 2.94. The zero-order valence-electron chi connectivity index (χ0n) is 8.95. The summed E-state index contributed by atoms with van der Waals surface area (Å²) in [4.78, 5) is 0. The van der Waals surface area contributed by atoms with Crippen LogP contribution < -0.4 is 10.5 Å². The van der Waals surface area contributed by atoms with Gasteiger partial charge in [-0.2, -0.15) is 11.3 Å². The fourth-order valence-electron chi connectivity index (χ4n) is 1.37. The van der Waals surface area contributed by atoms with Gasteiger partial charge >= 0.3 is 0 Å². The van der Waals surface area contributed by atoms with Crippen molar-refractivity contribution < 1.29 is 13.5 Å². The highest BCUT2D eigenvalue weighted by Gasteiger charge is 2.08. The third-order valence-electron chi connectivity index (χ3n) is 2.28. The molecule has 17 heavy (non-hydrogen) atoms. The summed E-state index contributed by atoms with van der Waals surface area (Å²) in [5.74, 6) is -1.42. The van der Waals surface area contributed by atoms with Gasteiger partial charge in [0.25, 0.3) is 0 Å². The number of benzene rings is 1. The molecule has 2 N–H and O–H groups in total. The van der Waals surface area contributed by atoms with Crippen molar-refractivity contribution in [1.82, 2.24) is 0 Å². The number of hydrogen-bond acceptors (Lipinski definition) is 3. The van der Waals surface area contributed by atoms with E-state index in [1.54, 1.807) is 11.3 Å². The zero-order valence-corrected chi connectivity index (χ0v) is 9.77. The molecule has 0 aliphatic heterocycles. The molecule has 0 saturated heterocycles. The van der Waals surface area contributed by atoms with E-state index >= 15 is 0 Å². The summed E-state index contributed by atoms with van der Waals surface area (Å²) in [5, 5.41) is 3.95. The highest BCUT2D eigenvalue weighted by Crippen LogP contribution is 2.23. The Bertz CT molecular complexity index is 499. The predicted molar refractivity (Wildman–Crippen MR) is 64.3 cm³/mol. The SMILES string of the molecule is Nc1cc(F)c(OCCc2ccsc2)cc1F. The molecule has 5 heteroatoms. The molecule has 0 spiro atoms. The third-order valence-corrected chi connectivity index (χ3v) is 3.01. The van der Waals surface area contributed by atoms with Crippen LogP contribution in [-0.4, -0.2) is 6.61 Å². The van der Waals surface area contributed by atoms with E-state index in [1.807, 2.05) is 16.8 Å². The van der Waals surface area contributed by atoms with Crippen LogP contribution in [0.25, 0.3) is 0 Å². The molecule has 2 rings (SSSR count). The number of hydrogen-bond donors (Lipinski definition) is 1. The lowest BCUT2D eigenvalue weighted by Crippen LogP contribution is -2.03. The fraction of sp³-hybridized carbons (Fsp3) is 0.167. The smallest absolute Gasteiger partial charge is 0.167 e. The van der Waals surface area contributed by atoms with E-state index in [4.69, 9.17) is 10.5 Å². The van der Waals surface area contributed by atoms with Crippen LogP contribution in [0.5, 0.6) is 5.75 Å². The van der Waals surface area contributed by atoms with Gasteiger partial charge in [0.05, 0.1) is 12.3 Å². The highest BCUT2D eigenvalue weighted by molar-refractivity contribution is 7.07. The van der Waals surface area contributed by atoms with Crippen LogP contribution in [-0.2, 0) is 6.42 Å². The van der Waals surface area contributed by atoms with Gasteiger partial charge in [-0.05, 0) is 22.4 Å². The van der Waals surface area contributed by atoms with Crippen LogP contribution in [0.2, 0.25) is 0 Å². The molecule has 90 valence electrons. The van der Waals surface area contributed by atoms with E-state index in [2.05, 4.69) is 0 Å². The van der Waals surface area contributed by atoms with E-state index in [-0.39, 0.29) is 11.4 Å². The molecule has 0 amide bonds. The number of thiophene rings is 1. The quantitative estimate of drug-likeness (QED) is 0.851. The van der Waals surface area contributed by atoms with Gasteiger partial charge in [0.15, 0.2) is 11.6 Å². The first-order chi connectivity index (χ1) is 8.16. The van der Waals surface area contributed by atoms with Gasteiger partial charge in [-0.3, -0.25) is 0 Å². The van der Waals surface area contributed by atoms with Gasteiger partial charge in [0.1, 0.15) is 5.82 Å². The first-order valence-electron chi connectivity index (χ1n) is 5.05. The minimum absolute atomic E-state index is 0.105. The maximum absolute atomic E-state index is 13.3. The Labute approximate surface area is 102 Å². The highest BCUT2D eigenvalue weighted by atomic mass is 32.1. The van der Waals surface area contributed by atoms with Crippen molar-refractivity contribution in [2.75, 3.05) is 12.3 Å². The molecule has 0 unspecified atom stereocenters. The number of rotatable bonds is 4. The summed E-state index contributed by atoms with van der Waals surface area (Å²) >= 11 is 1.59. The Morgan fingerprint density at radius 1 is 1.24 bits per heavy atom.